The molecule has 0 unspecified atom stereocenters. The Morgan fingerprint density at radius 1 is 1.00 bits per heavy atom. The number of carbonyl (C=O) groups excluding carboxylic acids is 1. The molecular weight excluding hydrogens is 534 g/mol. The van der Waals surface area contributed by atoms with Crippen LogP contribution in [0.25, 0.3) is 6.08 Å². The van der Waals surface area contributed by atoms with Crippen molar-refractivity contribution in [1.29, 1.82) is 0 Å². The molecule has 3 aromatic carbocycles. The number of para-hydroxylation sites is 1. The van der Waals surface area contributed by atoms with Crippen molar-refractivity contribution in [2.45, 2.75) is 4.90 Å². The van der Waals surface area contributed by atoms with Gasteiger partial charge in [0.2, 0.25) is 0 Å². The van der Waals surface area contributed by atoms with E-state index in [1.165, 1.54) is 12.1 Å². The first-order valence-corrected chi connectivity index (χ1v) is 11.8. The first-order chi connectivity index (χ1) is 14.3. The van der Waals surface area contributed by atoms with Gasteiger partial charge in [-0.15, -0.1) is 0 Å². The van der Waals surface area contributed by atoms with Crippen molar-refractivity contribution in [2.24, 2.45) is 0 Å². The summed E-state index contributed by atoms with van der Waals surface area (Å²) >= 11 is 6.53. The lowest BCUT2D eigenvalue weighted by Gasteiger charge is -2.10. The maximum atomic E-state index is 12.7. The number of ketones is 1. The largest absolute Gasteiger partial charge is 0.496 e. The molecule has 1 N–H and O–H groups in total. The number of rotatable bonds is 7. The van der Waals surface area contributed by atoms with Crippen molar-refractivity contribution < 1.29 is 17.9 Å². The zero-order valence-corrected chi connectivity index (χ0v) is 19.8. The van der Waals surface area contributed by atoms with Crippen molar-refractivity contribution in [3.8, 4) is 5.75 Å². The Hall–Kier alpha value is -2.42. The van der Waals surface area contributed by atoms with Gasteiger partial charge >= 0.3 is 0 Å². The van der Waals surface area contributed by atoms with Crippen LogP contribution in [0.4, 0.5) is 5.69 Å². The van der Waals surface area contributed by atoms with Gasteiger partial charge in [-0.25, -0.2) is 8.42 Å². The maximum absolute atomic E-state index is 12.7. The minimum atomic E-state index is -3.79. The Morgan fingerprint density at radius 3 is 2.40 bits per heavy atom. The molecule has 0 atom stereocenters. The van der Waals surface area contributed by atoms with E-state index in [0.717, 1.165) is 5.56 Å². The predicted octanol–water partition coefficient (Wildman–Crippen LogP) is 5.92. The van der Waals surface area contributed by atoms with E-state index in [0.29, 0.717) is 25.9 Å². The number of benzene rings is 3. The topological polar surface area (TPSA) is 72.5 Å². The Bertz CT molecular complexity index is 1210. The SMILES string of the molecule is COc1ccccc1/C=C/C(=O)c1ccc(NS(=O)(=O)c2cc(Br)ccc2Br)cc1. The third kappa shape index (κ3) is 5.38. The summed E-state index contributed by atoms with van der Waals surface area (Å²) in [4.78, 5) is 12.5. The predicted molar refractivity (Wildman–Crippen MR) is 125 cm³/mol. The smallest absolute Gasteiger partial charge is 0.263 e. The number of methoxy groups -OCH3 is 1. The summed E-state index contributed by atoms with van der Waals surface area (Å²) in [6.45, 7) is 0. The van der Waals surface area contributed by atoms with Gasteiger partial charge in [-0.1, -0.05) is 34.1 Å². The Kier molecular flexibility index (Phi) is 7.12. The quantitative estimate of drug-likeness (QED) is 0.293. The van der Waals surface area contributed by atoms with E-state index in [9.17, 15) is 13.2 Å². The summed E-state index contributed by atoms with van der Waals surface area (Å²) in [7, 11) is -2.22. The molecule has 8 heteroatoms. The van der Waals surface area contributed by atoms with Gasteiger partial charge in [0.05, 0.1) is 7.11 Å². The van der Waals surface area contributed by atoms with E-state index >= 15 is 0 Å². The Balaban J connectivity index is 1.75. The highest BCUT2D eigenvalue weighted by Crippen LogP contribution is 2.27. The van der Waals surface area contributed by atoms with Gasteiger partial charge in [0.1, 0.15) is 10.6 Å². The lowest BCUT2D eigenvalue weighted by molar-refractivity contribution is 0.104. The normalized spacial score (nSPS) is 11.4. The Morgan fingerprint density at radius 2 is 1.70 bits per heavy atom. The molecule has 5 nitrogen and oxygen atoms in total. The van der Waals surface area contributed by atoms with Gasteiger partial charge in [0.15, 0.2) is 5.78 Å². The molecule has 0 saturated carbocycles. The molecule has 0 aliphatic carbocycles. The molecule has 0 spiro atoms. The van der Waals surface area contributed by atoms with Gasteiger partial charge < -0.3 is 4.74 Å². The lowest BCUT2D eigenvalue weighted by atomic mass is 10.1. The van der Waals surface area contributed by atoms with Gasteiger partial charge in [-0.05, 0) is 76.6 Å². The van der Waals surface area contributed by atoms with Crippen LogP contribution in [0.2, 0.25) is 0 Å². The van der Waals surface area contributed by atoms with Gasteiger partial charge in [0, 0.05) is 25.8 Å². The van der Waals surface area contributed by atoms with Crippen molar-refractivity contribution >= 4 is 59.4 Å². The standard InChI is InChI=1S/C22H17Br2NO4S/c1-29-21-5-3-2-4-16(21)8-13-20(26)15-6-10-18(11-7-15)25-30(27,28)22-14-17(23)9-12-19(22)24/h2-14,25H,1H3/b13-8+. The number of hydrogen-bond acceptors (Lipinski definition) is 4. The van der Waals surface area contributed by atoms with E-state index in [1.54, 1.807) is 49.6 Å². The number of ether oxygens (including phenoxy) is 1. The van der Waals surface area contributed by atoms with Crippen LogP contribution in [0.3, 0.4) is 0 Å². The molecule has 0 amide bonds. The summed E-state index contributed by atoms with van der Waals surface area (Å²) in [5, 5.41) is 0. The van der Waals surface area contributed by atoms with E-state index < -0.39 is 10.0 Å². The van der Waals surface area contributed by atoms with Crippen molar-refractivity contribution in [1.82, 2.24) is 0 Å². The first kappa shape index (κ1) is 22.3. The molecule has 154 valence electrons. The average Bonchev–Trinajstić information content (AvgIpc) is 2.74. The minimum absolute atomic E-state index is 0.108. The molecule has 3 aromatic rings. The zero-order chi connectivity index (χ0) is 21.7. The third-order valence-corrected chi connectivity index (χ3v) is 7.03. The molecule has 0 aliphatic rings. The highest BCUT2D eigenvalue weighted by atomic mass is 79.9. The second-order valence-electron chi connectivity index (χ2n) is 6.20. The summed E-state index contributed by atoms with van der Waals surface area (Å²) in [5.74, 6) is 0.468. The van der Waals surface area contributed by atoms with Crippen molar-refractivity contribution in [3.05, 3.63) is 92.9 Å². The van der Waals surface area contributed by atoms with Gasteiger partial charge in [-0.2, -0.15) is 0 Å². The summed E-state index contributed by atoms with van der Waals surface area (Å²) in [5.41, 5.74) is 1.58. The average molecular weight is 551 g/mol. The summed E-state index contributed by atoms with van der Waals surface area (Å²) < 4.78 is 34.2. The van der Waals surface area contributed by atoms with Crippen LogP contribution in [0, 0.1) is 0 Å². The zero-order valence-electron chi connectivity index (χ0n) is 15.8. The fraction of sp³-hybridized carbons (Fsp3) is 0.0455. The number of halogens is 2. The number of allylic oxidation sites excluding steroid dienone is 1. The van der Waals surface area contributed by atoms with E-state index in [4.69, 9.17) is 4.74 Å². The molecule has 0 heterocycles. The molecule has 3 rings (SSSR count). The molecule has 0 radical (unpaired) electrons. The van der Waals surface area contributed by atoms with Crippen LogP contribution in [-0.2, 0) is 10.0 Å². The lowest BCUT2D eigenvalue weighted by Crippen LogP contribution is -2.13. The molecule has 0 bridgehead atoms. The van der Waals surface area contributed by atoms with Crippen LogP contribution in [0.5, 0.6) is 5.75 Å². The monoisotopic (exact) mass is 549 g/mol. The number of carbonyl (C=O) groups is 1. The number of hydrogen-bond donors (Lipinski definition) is 1. The van der Waals surface area contributed by atoms with E-state index in [2.05, 4.69) is 36.6 Å². The van der Waals surface area contributed by atoms with Gasteiger partial charge in [-0.3, -0.25) is 9.52 Å². The fourth-order valence-electron chi connectivity index (χ4n) is 2.66. The highest BCUT2D eigenvalue weighted by Gasteiger charge is 2.18. The molecule has 0 aromatic heterocycles. The Labute approximate surface area is 192 Å². The van der Waals surface area contributed by atoms with E-state index in [1.807, 2.05) is 24.3 Å². The van der Waals surface area contributed by atoms with E-state index in [-0.39, 0.29) is 10.7 Å². The second kappa shape index (κ2) is 9.59. The molecular formula is C22H17Br2NO4S. The van der Waals surface area contributed by atoms with Crippen LogP contribution in [0.15, 0.2) is 86.6 Å². The number of sulfonamides is 1. The molecule has 0 saturated heterocycles. The molecule has 0 aliphatic heterocycles. The minimum Gasteiger partial charge on any atom is -0.496 e. The van der Waals surface area contributed by atoms with Crippen LogP contribution < -0.4 is 9.46 Å². The molecule has 0 fully saturated rings. The maximum Gasteiger partial charge on any atom is 0.263 e. The summed E-state index contributed by atoms with van der Waals surface area (Å²) in [6, 6.07) is 18.5. The fourth-order valence-corrected chi connectivity index (χ4v) is 5.22. The van der Waals surface area contributed by atoms with Gasteiger partial charge in [0.25, 0.3) is 10.0 Å². The van der Waals surface area contributed by atoms with Crippen LogP contribution >= 0.6 is 31.9 Å². The van der Waals surface area contributed by atoms with Crippen molar-refractivity contribution in [3.63, 3.8) is 0 Å². The first-order valence-electron chi connectivity index (χ1n) is 8.73. The number of anilines is 1. The van der Waals surface area contributed by atoms with Crippen LogP contribution in [-0.4, -0.2) is 21.3 Å². The van der Waals surface area contributed by atoms with Crippen LogP contribution in [0.1, 0.15) is 15.9 Å². The summed E-state index contributed by atoms with van der Waals surface area (Å²) in [6.07, 6.45) is 3.14. The highest BCUT2D eigenvalue weighted by molar-refractivity contribution is 9.11. The second-order valence-corrected chi connectivity index (χ2v) is 9.62. The van der Waals surface area contributed by atoms with Crippen molar-refractivity contribution in [2.75, 3.05) is 11.8 Å². The molecule has 30 heavy (non-hydrogen) atoms. The number of nitrogens with one attached hydrogen (secondary N) is 1. The third-order valence-electron chi connectivity index (χ3n) is 4.16.